The van der Waals surface area contributed by atoms with Gasteiger partial charge in [0.05, 0.1) is 6.07 Å². The van der Waals surface area contributed by atoms with E-state index in [1.807, 2.05) is 0 Å². The zero-order valence-electron chi connectivity index (χ0n) is 16.2. The van der Waals surface area contributed by atoms with E-state index in [1.54, 1.807) is 4.90 Å². The Morgan fingerprint density at radius 3 is 2.41 bits per heavy atom. The van der Waals surface area contributed by atoms with Gasteiger partial charge in [0.15, 0.2) is 0 Å². The number of urea groups is 1. The van der Waals surface area contributed by atoms with E-state index in [2.05, 4.69) is 11.4 Å². The van der Waals surface area contributed by atoms with Crippen molar-refractivity contribution in [3.8, 4) is 6.07 Å². The molecule has 2 aliphatic rings. The standard InChI is InChI=1S/C19H31N5O3/c1-23(18(21)27)13-17(26)24-11-9-19(14-20,10-12-24)22-16(25)8-7-15-5-3-2-4-6-15/h15H,2-13H2,1H3,(H2,21,27)(H,22,25). The van der Waals surface area contributed by atoms with Crippen LogP contribution in [0.4, 0.5) is 4.79 Å². The summed E-state index contributed by atoms with van der Waals surface area (Å²) >= 11 is 0. The smallest absolute Gasteiger partial charge is 0.314 e. The van der Waals surface area contributed by atoms with Crippen LogP contribution in [0.15, 0.2) is 0 Å². The molecule has 0 unspecified atom stereocenters. The lowest BCUT2D eigenvalue weighted by Gasteiger charge is -2.38. The fourth-order valence-electron chi connectivity index (χ4n) is 3.92. The number of piperidine rings is 1. The summed E-state index contributed by atoms with van der Waals surface area (Å²) < 4.78 is 0. The first-order valence-corrected chi connectivity index (χ1v) is 9.86. The zero-order valence-corrected chi connectivity index (χ0v) is 16.2. The van der Waals surface area contributed by atoms with E-state index in [-0.39, 0.29) is 18.4 Å². The van der Waals surface area contributed by atoms with E-state index >= 15 is 0 Å². The molecule has 27 heavy (non-hydrogen) atoms. The average molecular weight is 377 g/mol. The molecule has 8 nitrogen and oxygen atoms in total. The highest BCUT2D eigenvalue weighted by molar-refractivity contribution is 5.83. The molecule has 1 heterocycles. The fourth-order valence-corrected chi connectivity index (χ4v) is 3.92. The molecule has 1 aliphatic heterocycles. The van der Waals surface area contributed by atoms with Crippen LogP contribution >= 0.6 is 0 Å². The lowest BCUT2D eigenvalue weighted by atomic mass is 9.85. The topological polar surface area (TPSA) is 120 Å². The van der Waals surface area contributed by atoms with Crippen molar-refractivity contribution in [3.63, 3.8) is 0 Å². The van der Waals surface area contributed by atoms with E-state index in [0.717, 1.165) is 11.3 Å². The largest absolute Gasteiger partial charge is 0.351 e. The normalized spacial score (nSPS) is 19.8. The number of nitrogens with zero attached hydrogens (tertiary/aromatic N) is 3. The predicted octanol–water partition coefficient (Wildman–Crippen LogP) is 1.36. The summed E-state index contributed by atoms with van der Waals surface area (Å²) in [5, 5.41) is 12.5. The van der Waals surface area contributed by atoms with Crippen LogP contribution in [0, 0.1) is 17.2 Å². The first kappa shape index (κ1) is 21.0. The van der Waals surface area contributed by atoms with Crippen molar-refractivity contribution in [2.45, 2.75) is 63.3 Å². The minimum absolute atomic E-state index is 0.0737. The van der Waals surface area contributed by atoms with Gasteiger partial charge in [-0.1, -0.05) is 32.1 Å². The van der Waals surface area contributed by atoms with Gasteiger partial charge in [0, 0.05) is 39.4 Å². The summed E-state index contributed by atoms with van der Waals surface area (Å²) in [6.45, 7) is 0.673. The third-order valence-electron chi connectivity index (χ3n) is 5.82. The van der Waals surface area contributed by atoms with Gasteiger partial charge in [-0.05, 0) is 12.3 Å². The molecule has 3 N–H and O–H groups in total. The molecule has 4 amide bonds. The average Bonchev–Trinajstić information content (AvgIpc) is 2.67. The fraction of sp³-hybridized carbons (Fsp3) is 0.789. The Labute approximate surface area is 161 Å². The third kappa shape index (κ3) is 6.12. The second-order valence-electron chi connectivity index (χ2n) is 7.86. The van der Waals surface area contributed by atoms with Crippen LogP contribution in [0.5, 0.6) is 0 Å². The Morgan fingerprint density at radius 2 is 1.85 bits per heavy atom. The summed E-state index contributed by atoms with van der Waals surface area (Å²) in [5.41, 5.74) is 4.23. The Hall–Kier alpha value is -2.30. The van der Waals surface area contributed by atoms with Gasteiger partial charge in [0.1, 0.15) is 12.1 Å². The number of rotatable bonds is 6. The number of carbonyl (C=O) groups is 3. The van der Waals surface area contributed by atoms with Crippen LogP contribution < -0.4 is 11.1 Å². The number of likely N-dealkylation sites (N-methyl/N-ethyl adjacent to an activating group) is 1. The first-order valence-electron chi connectivity index (χ1n) is 9.86. The maximum Gasteiger partial charge on any atom is 0.314 e. The first-order chi connectivity index (χ1) is 12.8. The quantitative estimate of drug-likeness (QED) is 0.726. The molecule has 0 bridgehead atoms. The summed E-state index contributed by atoms with van der Waals surface area (Å²) in [5.74, 6) is 0.353. The van der Waals surface area contributed by atoms with Crippen LogP contribution in [0.2, 0.25) is 0 Å². The van der Waals surface area contributed by atoms with Crippen molar-refractivity contribution >= 4 is 17.8 Å². The Bertz CT molecular complexity index is 587. The van der Waals surface area contributed by atoms with Crippen molar-refractivity contribution in [2.75, 3.05) is 26.7 Å². The monoisotopic (exact) mass is 377 g/mol. The van der Waals surface area contributed by atoms with Gasteiger partial charge >= 0.3 is 6.03 Å². The van der Waals surface area contributed by atoms with Gasteiger partial charge in [-0.3, -0.25) is 9.59 Å². The van der Waals surface area contributed by atoms with E-state index in [1.165, 1.54) is 39.2 Å². The molecule has 2 fully saturated rings. The number of nitrogens with one attached hydrogen (secondary N) is 1. The van der Waals surface area contributed by atoms with Crippen LogP contribution in [0.3, 0.4) is 0 Å². The molecule has 2 rings (SSSR count). The molecular formula is C19H31N5O3. The van der Waals surface area contributed by atoms with Gasteiger partial charge in [0.25, 0.3) is 0 Å². The zero-order chi connectivity index (χ0) is 19.9. The van der Waals surface area contributed by atoms with Gasteiger partial charge in [-0.15, -0.1) is 0 Å². The maximum atomic E-state index is 12.4. The van der Waals surface area contributed by atoms with E-state index in [9.17, 15) is 19.6 Å². The third-order valence-corrected chi connectivity index (χ3v) is 5.82. The number of hydrogen-bond donors (Lipinski definition) is 2. The highest BCUT2D eigenvalue weighted by atomic mass is 16.2. The van der Waals surface area contributed by atoms with Gasteiger partial charge in [-0.2, -0.15) is 5.26 Å². The highest BCUT2D eigenvalue weighted by Gasteiger charge is 2.37. The summed E-state index contributed by atoms with van der Waals surface area (Å²) in [6, 6.07) is 1.59. The minimum Gasteiger partial charge on any atom is -0.351 e. The van der Waals surface area contributed by atoms with Crippen molar-refractivity contribution < 1.29 is 14.4 Å². The molecule has 0 radical (unpaired) electrons. The predicted molar refractivity (Wildman–Crippen MR) is 100 cm³/mol. The van der Waals surface area contributed by atoms with Crippen LogP contribution in [-0.4, -0.2) is 59.9 Å². The number of primary amides is 1. The van der Waals surface area contributed by atoms with Crippen LogP contribution in [-0.2, 0) is 9.59 Å². The lowest BCUT2D eigenvalue weighted by molar-refractivity contribution is -0.133. The lowest BCUT2D eigenvalue weighted by Crippen LogP contribution is -2.56. The van der Waals surface area contributed by atoms with Crippen LogP contribution in [0.25, 0.3) is 0 Å². The van der Waals surface area contributed by atoms with Gasteiger partial charge in [0.2, 0.25) is 11.8 Å². The molecule has 1 saturated heterocycles. The van der Waals surface area contributed by atoms with E-state index in [4.69, 9.17) is 5.73 Å². The summed E-state index contributed by atoms with van der Waals surface area (Å²) in [7, 11) is 1.47. The van der Waals surface area contributed by atoms with Gasteiger partial charge < -0.3 is 20.9 Å². The number of nitrogens with two attached hydrogens (primary N) is 1. The number of amides is 4. The molecule has 150 valence electrons. The molecular weight excluding hydrogens is 346 g/mol. The number of nitriles is 1. The molecule has 8 heteroatoms. The minimum atomic E-state index is -0.907. The molecule has 1 saturated carbocycles. The Kier molecular flexibility index (Phi) is 7.45. The maximum absolute atomic E-state index is 12.4. The van der Waals surface area contributed by atoms with Crippen molar-refractivity contribution in [1.29, 1.82) is 5.26 Å². The molecule has 0 atom stereocenters. The molecule has 1 aliphatic carbocycles. The second-order valence-corrected chi connectivity index (χ2v) is 7.86. The number of likely N-dealkylation sites (tertiary alicyclic amines) is 1. The molecule has 0 aromatic carbocycles. The number of carbonyl (C=O) groups excluding carboxylic acids is 3. The summed E-state index contributed by atoms with van der Waals surface area (Å²) in [4.78, 5) is 38.4. The van der Waals surface area contributed by atoms with E-state index < -0.39 is 11.6 Å². The van der Waals surface area contributed by atoms with Crippen molar-refractivity contribution in [3.05, 3.63) is 0 Å². The summed E-state index contributed by atoms with van der Waals surface area (Å²) in [6.07, 6.45) is 8.34. The molecule has 0 aromatic rings. The van der Waals surface area contributed by atoms with Crippen molar-refractivity contribution in [1.82, 2.24) is 15.1 Å². The molecule has 0 aromatic heterocycles. The second kappa shape index (κ2) is 9.58. The van der Waals surface area contributed by atoms with Crippen molar-refractivity contribution in [2.24, 2.45) is 11.7 Å². The Morgan fingerprint density at radius 1 is 1.22 bits per heavy atom. The molecule has 0 spiro atoms. The SMILES string of the molecule is CN(CC(=O)N1CCC(C#N)(NC(=O)CCC2CCCCC2)CC1)C(N)=O. The van der Waals surface area contributed by atoms with E-state index in [0.29, 0.717) is 38.3 Å². The van der Waals surface area contributed by atoms with Crippen LogP contribution in [0.1, 0.15) is 57.8 Å². The Balaban J connectivity index is 1.79. The van der Waals surface area contributed by atoms with Gasteiger partial charge in [-0.25, -0.2) is 4.79 Å². The highest BCUT2D eigenvalue weighted by Crippen LogP contribution is 2.28. The number of hydrogen-bond acceptors (Lipinski definition) is 4.